The Hall–Kier alpha value is -2.09. The molecule has 0 aliphatic heterocycles. The van der Waals surface area contributed by atoms with Gasteiger partial charge in [0.1, 0.15) is 0 Å². The Kier molecular flexibility index (Phi) is 3.24. The smallest absolute Gasteiger partial charge is 0.220 e. The molecule has 17 heavy (non-hydrogen) atoms. The van der Waals surface area contributed by atoms with E-state index in [1.165, 1.54) is 17.7 Å². The lowest BCUT2D eigenvalue weighted by molar-refractivity contribution is -0.118. The quantitative estimate of drug-likeness (QED) is 0.834. The molecule has 0 radical (unpaired) electrons. The van der Waals surface area contributed by atoms with Crippen LogP contribution in [0.1, 0.15) is 19.4 Å². The third kappa shape index (κ3) is 2.94. The van der Waals surface area contributed by atoms with E-state index >= 15 is 0 Å². The van der Waals surface area contributed by atoms with E-state index in [0.29, 0.717) is 0 Å². The van der Waals surface area contributed by atoms with Gasteiger partial charge in [-0.15, -0.1) is 0 Å². The fraction of sp³-hybridized carbons (Fsp3) is 0.133. The number of hydrogen-bond donors (Lipinski definition) is 1. The second-order valence-electron chi connectivity index (χ2n) is 4.12. The number of hydrogen-bond acceptors (Lipinski definition) is 1. The van der Waals surface area contributed by atoms with E-state index in [9.17, 15) is 4.79 Å². The summed E-state index contributed by atoms with van der Waals surface area (Å²) in [5.74, 6) is -0.0421. The van der Waals surface area contributed by atoms with Crippen LogP contribution in [0, 0.1) is 0 Å². The highest BCUT2D eigenvalue weighted by molar-refractivity contribution is 5.85. The topological polar surface area (TPSA) is 29.1 Å². The first kappa shape index (κ1) is 11.4. The number of carbonyl (C=O) groups excluding carboxylic acids is 1. The van der Waals surface area contributed by atoms with Crippen molar-refractivity contribution in [1.29, 1.82) is 0 Å². The van der Waals surface area contributed by atoms with Gasteiger partial charge in [0.2, 0.25) is 5.91 Å². The van der Waals surface area contributed by atoms with E-state index in [-0.39, 0.29) is 5.91 Å². The fourth-order valence-electron chi connectivity index (χ4n) is 1.86. The van der Waals surface area contributed by atoms with Crippen molar-refractivity contribution < 1.29 is 4.79 Å². The van der Waals surface area contributed by atoms with E-state index in [2.05, 4.69) is 29.6 Å². The van der Waals surface area contributed by atoms with Gasteiger partial charge in [0, 0.05) is 12.6 Å². The van der Waals surface area contributed by atoms with E-state index in [4.69, 9.17) is 0 Å². The lowest BCUT2D eigenvalue weighted by atomic mass is 10.1. The van der Waals surface area contributed by atoms with Gasteiger partial charge in [-0.3, -0.25) is 4.79 Å². The van der Waals surface area contributed by atoms with Crippen LogP contribution in [0.3, 0.4) is 0 Å². The van der Waals surface area contributed by atoms with Crippen molar-refractivity contribution in [2.75, 3.05) is 0 Å². The number of nitrogens with one attached hydrogen (secondary N) is 1. The number of benzene rings is 2. The van der Waals surface area contributed by atoms with E-state index in [1.807, 2.05) is 31.2 Å². The Labute approximate surface area is 101 Å². The monoisotopic (exact) mass is 225 g/mol. The fourth-order valence-corrected chi connectivity index (χ4v) is 1.86. The first-order valence-electron chi connectivity index (χ1n) is 5.60. The maximum absolute atomic E-state index is 10.9. The van der Waals surface area contributed by atoms with Crippen LogP contribution in [-0.4, -0.2) is 5.91 Å². The molecule has 0 saturated heterocycles. The molecule has 0 spiro atoms. The molecule has 2 nitrogen and oxygen atoms in total. The average Bonchev–Trinajstić information content (AvgIpc) is 2.27. The van der Waals surface area contributed by atoms with Gasteiger partial charge in [-0.25, -0.2) is 0 Å². The Balaban J connectivity index is 2.33. The van der Waals surface area contributed by atoms with E-state index in [0.717, 1.165) is 11.3 Å². The van der Waals surface area contributed by atoms with Crippen molar-refractivity contribution >= 4 is 22.8 Å². The molecule has 2 rings (SSSR count). The van der Waals surface area contributed by atoms with Gasteiger partial charge in [0.05, 0.1) is 0 Å². The number of fused-ring (bicyclic) bond motifs is 1. The zero-order valence-corrected chi connectivity index (χ0v) is 10.0. The normalized spacial score (nSPS) is 11.5. The molecule has 0 unspecified atom stereocenters. The van der Waals surface area contributed by atoms with E-state index in [1.54, 1.807) is 0 Å². The molecule has 0 heterocycles. The maximum atomic E-state index is 10.9. The molecular weight excluding hydrogens is 210 g/mol. The zero-order chi connectivity index (χ0) is 12.3. The number of amides is 1. The summed E-state index contributed by atoms with van der Waals surface area (Å²) < 4.78 is 0. The zero-order valence-electron chi connectivity index (χ0n) is 10.0. The number of carbonyl (C=O) groups is 1. The largest absolute Gasteiger partial charge is 0.330 e. The van der Waals surface area contributed by atoms with Crippen LogP contribution >= 0.6 is 0 Å². The highest BCUT2D eigenvalue weighted by atomic mass is 16.1. The molecule has 0 aliphatic carbocycles. The molecule has 0 aromatic heterocycles. The predicted molar refractivity (Wildman–Crippen MR) is 71.4 cm³/mol. The molecule has 2 aromatic carbocycles. The van der Waals surface area contributed by atoms with Gasteiger partial charge in [0.15, 0.2) is 0 Å². The lowest BCUT2D eigenvalue weighted by Crippen LogP contribution is -2.16. The van der Waals surface area contributed by atoms with Crippen LogP contribution in [0.25, 0.3) is 16.8 Å². The van der Waals surface area contributed by atoms with Crippen molar-refractivity contribution in [1.82, 2.24) is 5.32 Å². The minimum atomic E-state index is -0.0421. The summed E-state index contributed by atoms with van der Waals surface area (Å²) in [5, 5.41) is 5.19. The van der Waals surface area contributed by atoms with Crippen molar-refractivity contribution in [3.05, 3.63) is 53.7 Å². The van der Waals surface area contributed by atoms with Gasteiger partial charge in [-0.05, 0) is 35.4 Å². The van der Waals surface area contributed by atoms with Crippen LogP contribution < -0.4 is 5.32 Å². The molecule has 0 atom stereocenters. The molecule has 0 bridgehead atoms. The van der Waals surface area contributed by atoms with Gasteiger partial charge in [-0.2, -0.15) is 0 Å². The molecule has 0 saturated carbocycles. The summed E-state index contributed by atoms with van der Waals surface area (Å²) in [5.41, 5.74) is 1.95. The van der Waals surface area contributed by atoms with Crippen molar-refractivity contribution in [2.24, 2.45) is 0 Å². The Morgan fingerprint density at radius 3 is 2.47 bits per heavy atom. The van der Waals surface area contributed by atoms with Gasteiger partial charge in [0.25, 0.3) is 0 Å². The molecule has 1 amide bonds. The summed E-state index contributed by atoms with van der Waals surface area (Å²) >= 11 is 0. The minimum absolute atomic E-state index is 0.0421. The average molecular weight is 225 g/mol. The molecule has 2 aromatic rings. The van der Waals surface area contributed by atoms with Crippen molar-refractivity contribution in [3.63, 3.8) is 0 Å². The number of rotatable bonds is 2. The molecular formula is C15H15NO. The molecule has 0 fully saturated rings. The maximum Gasteiger partial charge on any atom is 0.220 e. The minimum Gasteiger partial charge on any atom is -0.330 e. The summed E-state index contributed by atoms with van der Waals surface area (Å²) in [4.78, 5) is 10.9. The van der Waals surface area contributed by atoms with Crippen LogP contribution in [0.2, 0.25) is 0 Å². The molecule has 1 N–H and O–H groups in total. The Bertz CT molecular complexity index is 584. The summed E-state index contributed by atoms with van der Waals surface area (Å²) in [6, 6.07) is 14.5. The van der Waals surface area contributed by atoms with Crippen LogP contribution in [-0.2, 0) is 4.79 Å². The number of allylic oxidation sites excluding steroid dienone is 1. The second kappa shape index (κ2) is 4.83. The Morgan fingerprint density at radius 1 is 1.06 bits per heavy atom. The van der Waals surface area contributed by atoms with Crippen LogP contribution in [0.4, 0.5) is 0 Å². The van der Waals surface area contributed by atoms with Crippen molar-refractivity contribution in [3.8, 4) is 0 Å². The van der Waals surface area contributed by atoms with Crippen molar-refractivity contribution in [2.45, 2.75) is 13.8 Å². The SMILES string of the molecule is CC(=O)N/C(C)=C/c1ccc2ccccc2c1. The summed E-state index contributed by atoms with van der Waals surface area (Å²) in [6.45, 7) is 3.40. The van der Waals surface area contributed by atoms with Gasteiger partial charge in [-0.1, -0.05) is 36.4 Å². The van der Waals surface area contributed by atoms with Gasteiger partial charge >= 0.3 is 0 Å². The highest BCUT2D eigenvalue weighted by Gasteiger charge is 1.96. The third-order valence-corrected chi connectivity index (χ3v) is 2.53. The third-order valence-electron chi connectivity index (χ3n) is 2.53. The van der Waals surface area contributed by atoms with Crippen LogP contribution in [0.15, 0.2) is 48.2 Å². The van der Waals surface area contributed by atoms with E-state index < -0.39 is 0 Å². The summed E-state index contributed by atoms with van der Waals surface area (Å²) in [6.07, 6.45) is 1.97. The highest BCUT2D eigenvalue weighted by Crippen LogP contribution is 2.17. The molecule has 2 heteroatoms. The van der Waals surface area contributed by atoms with Crippen LogP contribution in [0.5, 0.6) is 0 Å². The summed E-state index contributed by atoms with van der Waals surface area (Å²) in [7, 11) is 0. The lowest BCUT2D eigenvalue weighted by Gasteiger charge is -2.03. The van der Waals surface area contributed by atoms with Gasteiger partial charge < -0.3 is 5.32 Å². The molecule has 86 valence electrons. The Morgan fingerprint density at radius 2 is 1.76 bits per heavy atom. The molecule has 0 aliphatic rings. The standard InChI is InChI=1S/C15H15NO/c1-11(16-12(2)17)9-13-7-8-14-5-3-4-6-15(14)10-13/h3-10H,1-2H3,(H,16,17)/b11-9+. The predicted octanol–water partition coefficient (Wildman–Crippen LogP) is 3.34. The second-order valence-corrected chi connectivity index (χ2v) is 4.12. The first-order valence-corrected chi connectivity index (χ1v) is 5.60. The first-order chi connectivity index (χ1) is 8.15.